The largest absolute Gasteiger partial charge is 0.359 e. The lowest BCUT2D eigenvalue weighted by Gasteiger charge is -2.15. The highest BCUT2D eigenvalue weighted by Gasteiger charge is 2.16. The summed E-state index contributed by atoms with van der Waals surface area (Å²) in [6.07, 6.45) is 0.905. The molecule has 0 aromatic carbocycles. The van der Waals surface area contributed by atoms with Crippen molar-refractivity contribution in [2.75, 3.05) is 31.7 Å². The van der Waals surface area contributed by atoms with E-state index in [-0.39, 0.29) is 39.7 Å². The predicted octanol–water partition coefficient (Wildman–Crippen LogP) is 2.31. The van der Waals surface area contributed by atoms with Gasteiger partial charge in [-0.3, -0.25) is 10.1 Å². The smallest absolute Gasteiger partial charge is 0.322 e. The lowest BCUT2D eigenvalue weighted by molar-refractivity contribution is -0.120. The van der Waals surface area contributed by atoms with Crippen molar-refractivity contribution in [2.24, 2.45) is 0 Å². The van der Waals surface area contributed by atoms with Crippen molar-refractivity contribution < 1.29 is 22.5 Å². The van der Waals surface area contributed by atoms with E-state index >= 15 is 0 Å². The quantitative estimate of drug-likeness (QED) is 0.596. The van der Waals surface area contributed by atoms with Crippen LogP contribution in [0.2, 0.25) is 0 Å². The number of nitrogens with one attached hydrogen (secondary N) is 3. The van der Waals surface area contributed by atoms with Crippen LogP contribution < -0.4 is 16.0 Å². The third-order valence-electron chi connectivity index (χ3n) is 3.22. The summed E-state index contributed by atoms with van der Waals surface area (Å²) in [5.41, 5.74) is 0.141. The molecule has 0 saturated heterocycles. The molecule has 0 saturated carbocycles. The summed E-state index contributed by atoms with van der Waals surface area (Å²) >= 11 is 0.266. The summed E-state index contributed by atoms with van der Waals surface area (Å²) in [4.78, 5) is 29.3. The van der Waals surface area contributed by atoms with Crippen LogP contribution in [0, 0.1) is 0 Å². The van der Waals surface area contributed by atoms with Crippen LogP contribution in [-0.4, -0.2) is 58.8 Å². The highest BCUT2D eigenvalue weighted by Crippen LogP contribution is 2.32. The molecular weight excluding hydrogens is 392 g/mol. The molecular formula is C16H19F2N7O2S. The summed E-state index contributed by atoms with van der Waals surface area (Å²) in [5, 5.41) is 14.8. The van der Waals surface area contributed by atoms with Crippen molar-refractivity contribution in [3.8, 4) is 0 Å². The average molecular weight is 414 g/mol. The number of hydrogen-bond acceptors (Lipinski definition) is 7. The highest BCUT2D eigenvalue weighted by molar-refractivity contribution is 7.99. The average Bonchev–Trinajstić information content (AvgIpc) is 2.63. The zero-order chi connectivity index (χ0) is 23.2. The van der Waals surface area contributed by atoms with E-state index in [9.17, 15) is 18.4 Å². The maximum Gasteiger partial charge on any atom is 0.322 e. The Morgan fingerprint density at radius 3 is 2.82 bits per heavy atom. The molecule has 0 aliphatic heterocycles. The molecule has 0 fully saturated rings. The molecule has 2 rings (SSSR count). The van der Waals surface area contributed by atoms with Crippen molar-refractivity contribution in [2.45, 2.75) is 17.1 Å². The third-order valence-corrected chi connectivity index (χ3v) is 3.98. The maximum absolute atomic E-state index is 12.9. The summed E-state index contributed by atoms with van der Waals surface area (Å²) in [6, 6.07) is 3.74. The van der Waals surface area contributed by atoms with Crippen LogP contribution >= 0.6 is 11.8 Å². The summed E-state index contributed by atoms with van der Waals surface area (Å²) < 4.78 is 47.1. The number of urea groups is 1. The number of thioether (sulfide) groups is 1. The normalized spacial score (nSPS) is 12.5. The summed E-state index contributed by atoms with van der Waals surface area (Å²) in [5.74, 6) is -3.48. The molecule has 0 unspecified atom stereocenters. The van der Waals surface area contributed by atoms with Crippen molar-refractivity contribution in [3.05, 3.63) is 30.1 Å². The van der Waals surface area contributed by atoms with E-state index in [4.69, 9.17) is 4.11 Å². The van der Waals surface area contributed by atoms with E-state index in [1.165, 1.54) is 43.4 Å². The Labute approximate surface area is 168 Å². The Hall–Kier alpha value is -3.02. The van der Waals surface area contributed by atoms with E-state index in [2.05, 4.69) is 25.8 Å². The Balaban J connectivity index is 2.38. The molecule has 0 aliphatic rings. The number of pyridine rings is 1. The van der Waals surface area contributed by atoms with Gasteiger partial charge in [0.25, 0.3) is 5.76 Å². The number of anilines is 3. The van der Waals surface area contributed by atoms with Crippen LogP contribution in [0.25, 0.3) is 0 Å². The standard InChI is InChI=1S/C16H19F2N7O2S/c1-19-13(26)8-10-9(7-12(24-23-10)22-16(27)25(2)3)21-14-11(28-15(17)18)5-4-6-20-14/h4-7,15H,8H2,1-3H3,(H,19,26)(H2,20,21,22,24,27)/i1D3. The Bertz CT molecular complexity index is 948. The van der Waals surface area contributed by atoms with Crippen molar-refractivity contribution in [1.82, 2.24) is 25.4 Å². The fourth-order valence-corrected chi connectivity index (χ4v) is 2.50. The van der Waals surface area contributed by atoms with Gasteiger partial charge in [-0.1, -0.05) is 11.8 Å². The van der Waals surface area contributed by atoms with E-state index < -0.39 is 31.1 Å². The minimum atomic E-state index is -2.69. The molecule has 28 heavy (non-hydrogen) atoms. The van der Waals surface area contributed by atoms with Gasteiger partial charge in [0.2, 0.25) is 5.91 Å². The van der Waals surface area contributed by atoms with Crippen LogP contribution in [0.3, 0.4) is 0 Å². The minimum Gasteiger partial charge on any atom is -0.359 e. The first-order valence-electron chi connectivity index (χ1n) is 9.27. The van der Waals surface area contributed by atoms with E-state index in [1.807, 2.05) is 5.32 Å². The SMILES string of the molecule is [2H]C([2H])([2H])NC(=O)Cc1nnc(NC(=O)N(C)C)cc1Nc1ncccc1SC(F)F. The number of halogens is 2. The lowest BCUT2D eigenvalue weighted by atomic mass is 10.2. The number of amides is 3. The molecule has 0 aliphatic carbocycles. The van der Waals surface area contributed by atoms with Gasteiger partial charge in [0.15, 0.2) is 5.82 Å². The number of alkyl halides is 2. The zero-order valence-corrected chi connectivity index (χ0v) is 15.7. The highest BCUT2D eigenvalue weighted by atomic mass is 32.2. The molecule has 2 heterocycles. The zero-order valence-electron chi connectivity index (χ0n) is 17.9. The number of carbonyl (C=O) groups excluding carboxylic acids is 2. The number of hydrogen-bond donors (Lipinski definition) is 3. The van der Waals surface area contributed by atoms with Crippen LogP contribution in [0.4, 0.5) is 30.9 Å². The third kappa shape index (κ3) is 6.01. The molecule has 2 aromatic rings. The van der Waals surface area contributed by atoms with Crippen molar-refractivity contribution in [3.63, 3.8) is 0 Å². The number of carbonyl (C=O) groups is 2. The molecule has 2 aromatic heterocycles. The van der Waals surface area contributed by atoms with Gasteiger partial charge in [-0.25, -0.2) is 9.78 Å². The fourth-order valence-electron chi connectivity index (χ4n) is 1.94. The molecule has 3 N–H and O–H groups in total. The molecule has 0 bridgehead atoms. The van der Waals surface area contributed by atoms with Gasteiger partial charge in [-0.05, 0) is 12.1 Å². The van der Waals surface area contributed by atoms with Crippen molar-refractivity contribution in [1.29, 1.82) is 0 Å². The van der Waals surface area contributed by atoms with Gasteiger partial charge in [-0.15, -0.1) is 5.10 Å². The fraction of sp³-hybridized carbons (Fsp3) is 0.312. The molecule has 0 spiro atoms. The van der Waals surface area contributed by atoms with Crippen molar-refractivity contribution >= 4 is 41.0 Å². The first-order valence-corrected chi connectivity index (χ1v) is 8.65. The predicted molar refractivity (Wildman–Crippen MR) is 102 cm³/mol. The first kappa shape index (κ1) is 17.1. The Kier molecular flexibility index (Phi) is 5.98. The molecule has 3 amide bonds. The second-order valence-corrected chi connectivity index (χ2v) is 6.53. The Morgan fingerprint density at radius 1 is 1.36 bits per heavy atom. The second-order valence-electron chi connectivity index (χ2n) is 5.49. The number of rotatable bonds is 7. The van der Waals surface area contributed by atoms with Gasteiger partial charge in [0, 0.05) is 37.4 Å². The van der Waals surface area contributed by atoms with Gasteiger partial charge in [0.1, 0.15) is 5.82 Å². The topological polar surface area (TPSA) is 112 Å². The summed E-state index contributed by atoms with van der Waals surface area (Å²) in [7, 11) is 3.02. The monoisotopic (exact) mass is 414 g/mol. The molecule has 9 nitrogen and oxygen atoms in total. The Morgan fingerprint density at radius 2 is 2.14 bits per heavy atom. The van der Waals surface area contributed by atoms with E-state index in [0.29, 0.717) is 0 Å². The van der Waals surface area contributed by atoms with Crippen LogP contribution in [0.15, 0.2) is 29.3 Å². The number of aromatic nitrogens is 3. The number of likely N-dealkylation sites (N-methyl/N-ethyl adjacent to an activating group) is 1. The molecule has 12 heteroatoms. The van der Waals surface area contributed by atoms with E-state index in [0.717, 1.165) is 0 Å². The second kappa shape index (κ2) is 9.78. The molecule has 150 valence electrons. The lowest BCUT2D eigenvalue weighted by Crippen LogP contribution is -2.28. The molecule has 0 atom stereocenters. The van der Waals surface area contributed by atoms with Gasteiger partial charge >= 0.3 is 6.03 Å². The summed E-state index contributed by atoms with van der Waals surface area (Å²) in [6.45, 7) is -2.69. The minimum absolute atomic E-state index is 0.0140. The number of nitrogens with zero attached hydrogens (tertiary/aromatic N) is 4. The van der Waals surface area contributed by atoms with Gasteiger partial charge in [-0.2, -0.15) is 13.9 Å². The maximum atomic E-state index is 12.9. The van der Waals surface area contributed by atoms with Crippen LogP contribution in [-0.2, 0) is 11.2 Å². The van der Waals surface area contributed by atoms with Gasteiger partial charge < -0.3 is 15.5 Å². The first-order chi connectivity index (χ1) is 14.4. The van der Waals surface area contributed by atoms with Crippen LogP contribution in [0.1, 0.15) is 9.81 Å². The van der Waals surface area contributed by atoms with Crippen LogP contribution in [0.5, 0.6) is 0 Å². The van der Waals surface area contributed by atoms with E-state index in [1.54, 1.807) is 0 Å². The van der Waals surface area contributed by atoms with Gasteiger partial charge in [0.05, 0.1) is 22.7 Å². The molecule has 0 radical (unpaired) electrons.